The van der Waals surface area contributed by atoms with Crippen molar-refractivity contribution in [3.05, 3.63) is 82.8 Å². The third-order valence-electron chi connectivity index (χ3n) is 4.71. The first kappa shape index (κ1) is 21.2. The van der Waals surface area contributed by atoms with E-state index in [0.717, 1.165) is 22.2 Å². The second-order valence-electron chi connectivity index (χ2n) is 7.86. The standard InChI is InChI=1S/C24H24F3NS/c1-5-6-10-16-17-11-9-13-19(24(25,26)27)22(17)29-21(16)15-28-20-14-8-7-12-18(20)23(2,3)4/h5-14,28H,1,15H2,2-4H3/b10-6-. The molecule has 0 aliphatic carbocycles. The number of rotatable bonds is 5. The zero-order valence-electron chi connectivity index (χ0n) is 16.7. The molecule has 3 rings (SSSR count). The first-order chi connectivity index (χ1) is 13.6. The van der Waals surface area contributed by atoms with Crippen molar-refractivity contribution in [2.45, 2.75) is 38.9 Å². The quantitative estimate of drug-likeness (QED) is 0.416. The molecule has 2 aromatic carbocycles. The number of fused-ring (bicyclic) bond motifs is 1. The molecule has 1 heterocycles. The fourth-order valence-corrected chi connectivity index (χ4v) is 4.62. The molecule has 3 aromatic rings. The first-order valence-corrected chi connectivity index (χ1v) is 10.2. The molecule has 0 bridgehead atoms. The lowest BCUT2D eigenvalue weighted by atomic mass is 9.86. The number of nitrogens with one attached hydrogen (secondary N) is 1. The van der Waals surface area contributed by atoms with Crippen LogP contribution in [0.1, 0.15) is 42.3 Å². The van der Waals surface area contributed by atoms with E-state index >= 15 is 0 Å². The molecule has 0 radical (unpaired) electrons. The van der Waals surface area contributed by atoms with Crippen LogP contribution in [-0.2, 0) is 18.1 Å². The van der Waals surface area contributed by atoms with E-state index in [1.807, 2.05) is 24.3 Å². The fourth-order valence-electron chi connectivity index (χ4n) is 3.36. The minimum absolute atomic E-state index is 0.0429. The number of halogens is 3. The maximum Gasteiger partial charge on any atom is 0.417 e. The summed E-state index contributed by atoms with van der Waals surface area (Å²) in [5, 5.41) is 4.06. The summed E-state index contributed by atoms with van der Waals surface area (Å²) < 4.78 is 40.8. The van der Waals surface area contributed by atoms with Crippen molar-refractivity contribution in [1.82, 2.24) is 0 Å². The van der Waals surface area contributed by atoms with Gasteiger partial charge in [0.2, 0.25) is 0 Å². The smallest absolute Gasteiger partial charge is 0.380 e. The summed E-state index contributed by atoms with van der Waals surface area (Å²) in [6.07, 6.45) is 0.837. The van der Waals surface area contributed by atoms with Gasteiger partial charge in [-0.05, 0) is 28.7 Å². The molecule has 1 nitrogen and oxygen atoms in total. The van der Waals surface area contributed by atoms with Gasteiger partial charge in [-0.25, -0.2) is 0 Å². The number of alkyl halides is 3. The maximum atomic E-state index is 13.5. The van der Waals surface area contributed by atoms with Gasteiger partial charge in [0.25, 0.3) is 0 Å². The highest BCUT2D eigenvalue weighted by Gasteiger charge is 2.33. The monoisotopic (exact) mass is 415 g/mol. The van der Waals surface area contributed by atoms with Crippen molar-refractivity contribution in [2.24, 2.45) is 0 Å². The van der Waals surface area contributed by atoms with Gasteiger partial charge < -0.3 is 5.32 Å². The van der Waals surface area contributed by atoms with Gasteiger partial charge in [0, 0.05) is 20.7 Å². The van der Waals surface area contributed by atoms with Crippen LogP contribution in [0.5, 0.6) is 0 Å². The third kappa shape index (κ3) is 4.56. The second-order valence-corrected chi connectivity index (χ2v) is 8.97. The van der Waals surface area contributed by atoms with Crippen LogP contribution in [0, 0.1) is 0 Å². The van der Waals surface area contributed by atoms with E-state index in [1.165, 1.54) is 23.0 Å². The van der Waals surface area contributed by atoms with E-state index in [-0.39, 0.29) is 10.1 Å². The summed E-state index contributed by atoms with van der Waals surface area (Å²) in [4.78, 5) is 0.860. The predicted molar refractivity (Wildman–Crippen MR) is 119 cm³/mol. The van der Waals surface area contributed by atoms with Gasteiger partial charge in [-0.3, -0.25) is 0 Å². The van der Waals surface area contributed by atoms with Gasteiger partial charge in [0.05, 0.1) is 12.1 Å². The molecule has 0 aliphatic rings. The van der Waals surface area contributed by atoms with E-state index < -0.39 is 11.7 Å². The van der Waals surface area contributed by atoms with Crippen LogP contribution in [0.15, 0.2) is 61.2 Å². The minimum atomic E-state index is -4.38. The van der Waals surface area contributed by atoms with Crippen LogP contribution in [0.25, 0.3) is 16.2 Å². The summed E-state index contributed by atoms with van der Waals surface area (Å²) in [6.45, 7) is 10.5. The van der Waals surface area contributed by atoms with E-state index in [9.17, 15) is 13.2 Å². The molecule has 1 N–H and O–H groups in total. The largest absolute Gasteiger partial charge is 0.417 e. The highest BCUT2D eigenvalue weighted by atomic mass is 32.1. The molecular formula is C24H24F3NS. The Kier molecular flexibility index (Phi) is 5.90. The number of para-hydroxylation sites is 1. The molecule has 0 saturated carbocycles. The van der Waals surface area contributed by atoms with E-state index in [2.05, 4.69) is 38.7 Å². The molecular weight excluding hydrogens is 391 g/mol. The number of hydrogen-bond donors (Lipinski definition) is 1. The molecule has 5 heteroatoms. The van der Waals surface area contributed by atoms with E-state index in [1.54, 1.807) is 18.2 Å². The summed E-state index contributed by atoms with van der Waals surface area (Å²) in [5.74, 6) is 0. The Hall–Kier alpha value is -2.53. The number of allylic oxidation sites excluding steroid dienone is 2. The lowest BCUT2D eigenvalue weighted by Gasteiger charge is -2.23. The minimum Gasteiger partial charge on any atom is -0.380 e. The average Bonchev–Trinajstić information content (AvgIpc) is 3.00. The normalized spacial score (nSPS) is 12.6. The molecule has 0 saturated heterocycles. The topological polar surface area (TPSA) is 12.0 Å². The van der Waals surface area contributed by atoms with Crippen LogP contribution < -0.4 is 5.32 Å². The summed E-state index contributed by atoms with van der Waals surface area (Å²) in [6, 6.07) is 12.4. The van der Waals surface area contributed by atoms with Crippen molar-refractivity contribution in [3.8, 4) is 0 Å². The van der Waals surface area contributed by atoms with Crippen molar-refractivity contribution in [2.75, 3.05) is 5.32 Å². The molecule has 1 aromatic heterocycles. The lowest BCUT2D eigenvalue weighted by molar-refractivity contribution is -0.136. The Morgan fingerprint density at radius 1 is 1.00 bits per heavy atom. The highest BCUT2D eigenvalue weighted by molar-refractivity contribution is 7.19. The fraction of sp³-hybridized carbons (Fsp3) is 0.250. The maximum absolute atomic E-state index is 13.5. The summed E-state index contributed by atoms with van der Waals surface area (Å²) >= 11 is 1.19. The Labute approximate surface area is 173 Å². The van der Waals surface area contributed by atoms with Crippen molar-refractivity contribution in [3.63, 3.8) is 0 Å². The van der Waals surface area contributed by atoms with E-state index in [4.69, 9.17) is 0 Å². The third-order valence-corrected chi connectivity index (χ3v) is 5.96. The molecule has 0 atom stereocenters. The average molecular weight is 416 g/mol. The van der Waals surface area contributed by atoms with Crippen LogP contribution in [0.3, 0.4) is 0 Å². The number of thiophene rings is 1. The highest BCUT2D eigenvalue weighted by Crippen LogP contribution is 2.42. The van der Waals surface area contributed by atoms with Crippen LogP contribution in [0.4, 0.5) is 18.9 Å². The van der Waals surface area contributed by atoms with E-state index in [0.29, 0.717) is 11.9 Å². The predicted octanol–water partition coefficient (Wildman–Crippen LogP) is 8.03. The second kappa shape index (κ2) is 8.07. The summed E-state index contributed by atoms with van der Waals surface area (Å²) in [7, 11) is 0. The van der Waals surface area contributed by atoms with Crippen molar-refractivity contribution in [1.29, 1.82) is 0 Å². The number of hydrogen-bond acceptors (Lipinski definition) is 2. The van der Waals surface area contributed by atoms with Crippen LogP contribution in [-0.4, -0.2) is 0 Å². The lowest BCUT2D eigenvalue weighted by Crippen LogP contribution is -2.14. The zero-order chi connectivity index (χ0) is 21.2. The number of benzene rings is 2. The molecule has 0 aliphatic heterocycles. The summed E-state index contributed by atoms with van der Waals surface area (Å²) in [5.41, 5.74) is 2.33. The van der Waals surface area contributed by atoms with Crippen molar-refractivity contribution < 1.29 is 13.2 Å². The van der Waals surface area contributed by atoms with Crippen LogP contribution in [0.2, 0.25) is 0 Å². The molecule has 0 unspecified atom stereocenters. The molecule has 152 valence electrons. The van der Waals surface area contributed by atoms with Crippen molar-refractivity contribution >= 4 is 33.2 Å². The molecule has 0 spiro atoms. The first-order valence-electron chi connectivity index (χ1n) is 9.37. The molecule has 0 fully saturated rings. The van der Waals surface area contributed by atoms with Gasteiger partial charge in [-0.1, -0.05) is 75.9 Å². The molecule has 0 amide bonds. The number of anilines is 1. The van der Waals surface area contributed by atoms with Gasteiger partial charge >= 0.3 is 6.18 Å². The zero-order valence-corrected chi connectivity index (χ0v) is 17.5. The van der Waals surface area contributed by atoms with Gasteiger partial charge in [0.1, 0.15) is 0 Å². The Bertz CT molecular complexity index is 1050. The van der Waals surface area contributed by atoms with Gasteiger partial charge in [-0.2, -0.15) is 13.2 Å². The SMILES string of the molecule is C=C/C=C\c1c(CNc2ccccc2C(C)(C)C)sc2c(C(F)(F)F)cccc12. The Morgan fingerprint density at radius 3 is 2.34 bits per heavy atom. The van der Waals surface area contributed by atoms with Gasteiger partial charge in [-0.15, -0.1) is 11.3 Å². The Morgan fingerprint density at radius 2 is 1.69 bits per heavy atom. The molecule has 29 heavy (non-hydrogen) atoms. The van der Waals surface area contributed by atoms with Gasteiger partial charge in [0.15, 0.2) is 0 Å². The Balaban J connectivity index is 2.06. The van der Waals surface area contributed by atoms with Crippen LogP contribution >= 0.6 is 11.3 Å².